The van der Waals surface area contributed by atoms with Crippen molar-refractivity contribution in [2.45, 2.75) is 32.2 Å². The summed E-state index contributed by atoms with van der Waals surface area (Å²) < 4.78 is 0. The Hall–Kier alpha value is -1.31. The maximum absolute atomic E-state index is 5.94. The van der Waals surface area contributed by atoms with Crippen LogP contribution in [0.2, 0.25) is 0 Å². The molecule has 0 bridgehead atoms. The third-order valence-corrected chi connectivity index (χ3v) is 2.80. The highest BCUT2D eigenvalue weighted by atomic mass is 14.9. The Bertz CT molecular complexity index is 339. The lowest BCUT2D eigenvalue weighted by atomic mass is 10.1. The van der Waals surface area contributed by atoms with Gasteiger partial charge in [0.25, 0.3) is 0 Å². The normalized spacial score (nSPS) is 18.9. The zero-order chi connectivity index (χ0) is 10.7. The summed E-state index contributed by atoms with van der Waals surface area (Å²) in [5.41, 5.74) is 6.97. The molecule has 0 amide bonds. The van der Waals surface area contributed by atoms with Crippen LogP contribution in [0.25, 0.3) is 0 Å². The Labute approximate surface area is 91.2 Å². The molecule has 1 aromatic carbocycles. The van der Waals surface area contributed by atoms with Crippen LogP contribution < -0.4 is 5.73 Å². The average molecular weight is 202 g/mol. The Kier molecular flexibility index (Phi) is 3.05. The monoisotopic (exact) mass is 202 g/mol. The summed E-state index contributed by atoms with van der Waals surface area (Å²) >= 11 is 0. The van der Waals surface area contributed by atoms with Crippen LogP contribution in [0.5, 0.6) is 0 Å². The molecule has 0 aromatic heterocycles. The number of aliphatic imine (C=N–C) groups is 1. The summed E-state index contributed by atoms with van der Waals surface area (Å²) in [5.74, 6) is 1.58. The molecule has 0 spiro atoms. The lowest BCUT2D eigenvalue weighted by Crippen LogP contribution is -2.16. The molecule has 1 unspecified atom stereocenters. The largest absolute Gasteiger partial charge is 0.383 e. The fraction of sp³-hybridized carbons (Fsp3) is 0.462. The van der Waals surface area contributed by atoms with Crippen LogP contribution in [-0.4, -0.2) is 11.9 Å². The Morgan fingerprint density at radius 1 is 1.40 bits per heavy atom. The van der Waals surface area contributed by atoms with Crippen LogP contribution in [0.15, 0.2) is 35.3 Å². The fourth-order valence-corrected chi connectivity index (χ4v) is 1.81. The topological polar surface area (TPSA) is 38.4 Å². The fourth-order valence-electron chi connectivity index (χ4n) is 1.81. The standard InChI is InChI=1S/C13H18N2/c1-10(9-11-7-8-11)15-13(14)12-5-3-2-4-6-12/h2-6,10-11H,7-9H2,1H3,(H2,14,15). The van der Waals surface area contributed by atoms with E-state index in [1.165, 1.54) is 19.3 Å². The van der Waals surface area contributed by atoms with Gasteiger partial charge in [-0.2, -0.15) is 0 Å². The highest BCUT2D eigenvalue weighted by molar-refractivity contribution is 5.97. The SMILES string of the molecule is CC(CC1CC1)N=C(N)c1ccccc1. The van der Waals surface area contributed by atoms with Crippen LogP contribution in [0.3, 0.4) is 0 Å². The molecule has 1 atom stereocenters. The molecule has 2 heteroatoms. The van der Waals surface area contributed by atoms with Gasteiger partial charge in [-0.05, 0) is 19.3 Å². The highest BCUT2D eigenvalue weighted by Crippen LogP contribution is 2.34. The quantitative estimate of drug-likeness (QED) is 0.591. The summed E-state index contributed by atoms with van der Waals surface area (Å²) in [6.07, 6.45) is 3.95. The van der Waals surface area contributed by atoms with E-state index in [2.05, 4.69) is 11.9 Å². The summed E-state index contributed by atoms with van der Waals surface area (Å²) in [6.45, 7) is 2.15. The first-order valence-electron chi connectivity index (χ1n) is 5.64. The van der Waals surface area contributed by atoms with Crippen molar-refractivity contribution in [1.82, 2.24) is 0 Å². The number of benzene rings is 1. The van der Waals surface area contributed by atoms with Gasteiger partial charge in [-0.25, -0.2) is 0 Å². The van der Waals surface area contributed by atoms with Gasteiger partial charge < -0.3 is 5.73 Å². The molecule has 1 fully saturated rings. The molecular weight excluding hydrogens is 184 g/mol. The van der Waals surface area contributed by atoms with Gasteiger partial charge in [0.2, 0.25) is 0 Å². The lowest BCUT2D eigenvalue weighted by molar-refractivity contribution is 0.612. The Morgan fingerprint density at radius 3 is 2.67 bits per heavy atom. The molecule has 15 heavy (non-hydrogen) atoms. The summed E-state index contributed by atoms with van der Waals surface area (Å²) in [6, 6.07) is 10.3. The molecule has 1 saturated carbocycles. The van der Waals surface area contributed by atoms with Gasteiger partial charge in [-0.1, -0.05) is 43.2 Å². The number of nitrogens with two attached hydrogens (primary N) is 1. The van der Waals surface area contributed by atoms with Crippen molar-refractivity contribution in [2.24, 2.45) is 16.6 Å². The second-order valence-corrected chi connectivity index (χ2v) is 4.41. The van der Waals surface area contributed by atoms with Gasteiger partial charge in [0.15, 0.2) is 0 Å². The molecular formula is C13H18N2. The predicted octanol–water partition coefficient (Wildman–Crippen LogP) is 2.58. The predicted molar refractivity (Wildman–Crippen MR) is 64.0 cm³/mol. The highest BCUT2D eigenvalue weighted by Gasteiger charge is 2.23. The molecule has 2 nitrogen and oxygen atoms in total. The Morgan fingerprint density at radius 2 is 2.07 bits per heavy atom. The van der Waals surface area contributed by atoms with Gasteiger partial charge in [0.05, 0.1) is 0 Å². The van der Waals surface area contributed by atoms with Crippen molar-refractivity contribution >= 4 is 5.84 Å². The van der Waals surface area contributed by atoms with Crippen molar-refractivity contribution in [3.05, 3.63) is 35.9 Å². The molecule has 80 valence electrons. The van der Waals surface area contributed by atoms with Crippen molar-refractivity contribution < 1.29 is 0 Å². The molecule has 1 aliphatic carbocycles. The van der Waals surface area contributed by atoms with Crippen LogP contribution in [0.4, 0.5) is 0 Å². The van der Waals surface area contributed by atoms with Crippen molar-refractivity contribution in [2.75, 3.05) is 0 Å². The molecule has 0 radical (unpaired) electrons. The molecule has 2 N–H and O–H groups in total. The average Bonchev–Trinajstić information content (AvgIpc) is 3.03. The minimum atomic E-state index is 0.359. The van der Waals surface area contributed by atoms with Crippen LogP contribution in [0, 0.1) is 5.92 Å². The van der Waals surface area contributed by atoms with E-state index in [9.17, 15) is 0 Å². The van der Waals surface area contributed by atoms with Crippen LogP contribution in [0.1, 0.15) is 31.7 Å². The summed E-state index contributed by atoms with van der Waals surface area (Å²) in [4.78, 5) is 4.52. The smallest absolute Gasteiger partial charge is 0.125 e. The molecule has 0 aliphatic heterocycles. The lowest BCUT2D eigenvalue weighted by Gasteiger charge is -2.07. The molecule has 1 aromatic rings. The van der Waals surface area contributed by atoms with E-state index < -0.39 is 0 Å². The van der Waals surface area contributed by atoms with E-state index in [0.29, 0.717) is 11.9 Å². The zero-order valence-corrected chi connectivity index (χ0v) is 9.19. The number of nitrogens with zero attached hydrogens (tertiary/aromatic N) is 1. The number of rotatable bonds is 4. The van der Waals surface area contributed by atoms with Crippen molar-refractivity contribution in [3.8, 4) is 0 Å². The number of hydrogen-bond donors (Lipinski definition) is 1. The van der Waals surface area contributed by atoms with E-state index in [0.717, 1.165) is 11.5 Å². The third kappa shape index (κ3) is 3.08. The summed E-state index contributed by atoms with van der Waals surface area (Å²) in [7, 11) is 0. The zero-order valence-electron chi connectivity index (χ0n) is 9.19. The second-order valence-electron chi connectivity index (χ2n) is 4.41. The van der Waals surface area contributed by atoms with Crippen LogP contribution in [-0.2, 0) is 0 Å². The maximum atomic E-state index is 5.94. The number of amidine groups is 1. The van der Waals surface area contributed by atoms with Gasteiger partial charge in [-0.15, -0.1) is 0 Å². The third-order valence-electron chi connectivity index (χ3n) is 2.80. The second kappa shape index (κ2) is 4.47. The van der Waals surface area contributed by atoms with E-state index in [-0.39, 0.29) is 0 Å². The summed E-state index contributed by atoms with van der Waals surface area (Å²) in [5, 5.41) is 0. The maximum Gasteiger partial charge on any atom is 0.125 e. The van der Waals surface area contributed by atoms with Crippen LogP contribution >= 0.6 is 0 Å². The van der Waals surface area contributed by atoms with E-state index in [4.69, 9.17) is 5.73 Å². The van der Waals surface area contributed by atoms with Gasteiger partial charge in [0.1, 0.15) is 5.84 Å². The molecule has 2 rings (SSSR count). The number of hydrogen-bond acceptors (Lipinski definition) is 1. The Balaban J connectivity index is 1.99. The van der Waals surface area contributed by atoms with Crippen molar-refractivity contribution in [1.29, 1.82) is 0 Å². The van der Waals surface area contributed by atoms with Gasteiger partial charge >= 0.3 is 0 Å². The van der Waals surface area contributed by atoms with Gasteiger partial charge in [-0.3, -0.25) is 4.99 Å². The first kappa shape index (κ1) is 10.2. The minimum absolute atomic E-state index is 0.359. The molecule has 1 aliphatic rings. The first-order chi connectivity index (χ1) is 7.25. The molecule has 0 heterocycles. The van der Waals surface area contributed by atoms with Crippen molar-refractivity contribution in [3.63, 3.8) is 0 Å². The van der Waals surface area contributed by atoms with E-state index in [1.807, 2.05) is 30.3 Å². The molecule has 0 saturated heterocycles. The van der Waals surface area contributed by atoms with E-state index >= 15 is 0 Å². The minimum Gasteiger partial charge on any atom is -0.383 e. The van der Waals surface area contributed by atoms with E-state index in [1.54, 1.807) is 0 Å². The first-order valence-corrected chi connectivity index (χ1v) is 5.64. The van der Waals surface area contributed by atoms with Gasteiger partial charge in [0, 0.05) is 11.6 Å².